The van der Waals surface area contributed by atoms with Gasteiger partial charge in [-0.3, -0.25) is 0 Å². The number of hydrogen-bond donors (Lipinski definition) is 1. The van der Waals surface area contributed by atoms with Gasteiger partial charge in [0.25, 0.3) is 0 Å². The number of piperidine rings is 1. The zero-order valence-electron chi connectivity index (χ0n) is 21.2. The summed E-state index contributed by atoms with van der Waals surface area (Å²) in [6.45, 7) is 13.4. The van der Waals surface area contributed by atoms with Crippen LogP contribution in [0.25, 0.3) is 16.7 Å². The molecule has 1 N–H and O–H groups in total. The molecule has 4 heterocycles. The van der Waals surface area contributed by atoms with Crippen LogP contribution in [0.4, 0.5) is 5.69 Å². The van der Waals surface area contributed by atoms with E-state index >= 15 is 0 Å². The summed E-state index contributed by atoms with van der Waals surface area (Å²) in [5, 5.41) is 15.8. The van der Waals surface area contributed by atoms with Crippen LogP contribution < -0.4 is 4.90 Å². The highest BCUT2D eigenvalue weighted by Crippen LogP contribution is 2.36. The molecule has 0 unspecified atom stereocenters. The molecule has 0 saturated carbocycles. The first kappa shape index (κ1) is 24.9. The number of carboxylic acids is 1. The molecule has 2 aromatic rings. The molecular weight excluding hydrogens is 444 g/mol. The zero-order valence-corrected chi connectivity index (χ0v) is 21.2. The quantitative estimate of drug-likeness (QED) is 0.443. The maximum Gasteiger partial charge on any atom is 0.354 e. The maximum absolute atomic E-state index is 12.1. The summed E-state index contributed by atoms with van der Waals surface area (Å²) in [6, 6.07) is 1.70. The fraction of sp³-hybridized carbons (Fsp3) is 0.538. The molecule has 2 aliphatic heterocycles. The molecule has 0 spiro atoms. The molecule has 0 bridgehead atoms. The molecule has 0 aliphatic carbocycles. The van der Waals surface area contributed by atoms with Gasteiger partial charge in [-0.15, -0.1) is 0 Å². The number of ether oxygens (including phenoxy) is 1. The van der Waals surface area contributed by atoms with Crippen LogP contribution in [0.2, 0.25) is 0 Å². The average Bonchev–Trinajstić information content (AvgIpc) is 3.53. The second-order valence-corrected chi connectivity index (χ2v) is 9.47. The average molecular weight is 481 g/mol. The monoisotopic (exact) mass is 480 g/mol. The van der Waals surface area contributed by atoms with Gasteiger partial charge in [0, 0.05) is 39.4 Å². The SMILES string of the molecule is C=N/C(=C\C(=C/C)n1nc(C(C)C)c2c(N3CCC(OC)CC3)cc(C(=O)O)nc21)N1CCCC1. The molecule has 2 aromatic heterocycles. The summed E-state index contributed by atoms with van der Waals surface area (Å²) in [6.07, 6.45) is 8.19. The van der Waals surface area contributed by atoms with E-state index in [4.69, 9.17) is 9.84 Å². The molecular formula is C26H36N6O3. The minimum Gasteiger partial charge on any atom is -0.477 e. The van der Waals surface area contributed by atoms with Crippen molar-refractivity contribution in [3.63, 3.8) is 0 Å². The van der Waals surface area contributed by atoms with Gasteiger partial charge in [-0.1, -0.05) is 19.9 Å². The number of pyridine rings is 1. The number of methoxy groups -OCH3 is 1. The van der Waals surface area contributed by atoms with Crippen LogP contribution in [-0.4, -0.2) is 76.9 Å². The summed E-state index contributed by atoms with van der Waals surface area (Å²) in [5.74, 6) is -0.132. The number of nitrogens with zero attached hydrogens (tertiary/aromatic N) is 6. The van der Waals surface area contributed by atoms with Crippen molar-refractivity contribution in [2.24, 2.45) is 4.99 Å². The van der Waals surface area contributed by atoms with Crippen molar-refractivity contribution >= 4 is 35.1 Å². The second kappa shape index (κ2) is 10.6. The van der Waals surface area contributed by atoms with Gasteiger partial charge in [-0.25, -0.2) is 19.5 Å². The molecule has 2 saturated heterocycles. The predicted octanol–water partition coefficient (Wildman–Crippen LogP) is 4.37. The predicted molar refractivity (Wildman–Crippen MR) is 139 cm³/mol. The highest BCUT2D eigenvalue weighted by Gasteiger charge is 2.27. The number of anilines is 1. The molecule has 2 aliphatic rings. The Balaban J connectivity index is 1.89. The van der Waals surface area contributed by atoms with Crippen LogP contribution in [-0.2, 0) is 4.74 Å². The third kappa shape index (κ3) is 4.96. The van der Waals surface area contributed by atoms with Crippen molar-refractivity contribution < 1.29 is 14.6 Å². The number of aromatic carboxylic acids is 1. The largest absolute Gasteiger partial charge is 0.477 e. The first-order valence-electron chi connectivity index (χ1n) is 12.4. The van der Waals surface area contributed by atoms with Gasteiger partial charge in [0.1, 0.15) is 5.82 Å². The van der Waals surface area contributed by atoms with Gasteiger partial charge in [-0.05, 0) is 51.3 Å². The van der Waals surface area contributed by atoms with E-state index in [-0.39, 0.29) is 17.7 Å². The lowest BCUT2D eigenvalue weighted by molar-refractivity contribution is 0.0690. The second-order valence-electron chi connectivity index (χ2n) is 9.47. The van der Waals surface area contributed by atoms with E-state index in [9.17, 15) is 9.90 Å². The van der Waals surface area contributed by atoms with Gasteiger partial charge < -0.3 is 19.6 Å². The van der Waals surface area contributed by atoms with Crippen LogP contribution in [0, 0.1) is 0 Å². The zero-order chi connectivity index (χ0) is 25.1. The number of allylic oxidation sites excluding steroid dienone is 3. The molecule has 35 heavy (non-hydrogen) atoms. The molecule has 0 atom stereocenters. The van der Waals surface area contributed by atoms with Crippen LogP contribution in [0.15, 0.2) is 29.0 Å². The van der Waals surface area contributed by atoms with E-state index in [1.807, 2.05) is 19.1 Å². The van der Waals surface area contributed by atoms with Crippen molar-refractivity contribution in [2.45, 2.75) is 58.5 Å². The number of hydrogen-bond acceptors (Lipinski definition) is 7. The van der Waals surface area contributed by atoms with Crippen molar-refractivity contribution in [2.75, 3.05) is 38.2 Å². The molecule has 9 nitrogen and oxygen atoms in total. The third-order valence-corrected chi connectivity index (χ3v) is 6.94. The van der Waals surface area contributed by atoms with E-state index in [1.54, 1.807) is 17.9 Å². The normalized spacial score (nSPS) is 18.2. The fourth-order valence-corrected chi connectivity index (χ4v) is 4.98. The maximum atomic E-state index is 12.1. The molecule has 0 radical (unpaired) electrons. The van der Waals surface area contributed by atoms with Crippen LogP contribution in [0.3, 0.4) is 0 Å². The lowest BCUT2D eigenvalue weighted by Gasteiger charge is -2.33. The highest BCUT2D eigenvalue weighted by atomic mass is 16.5. The number of carboxylic acid groups (broad SMARTS) is 1. The summed E-state index contributed by atoms with van der Waals surface area (Å²) < 4.78 is 7.31. The Morgan fingerprint density at radius 3 is 2.49 bits per heavy atom. The van der Waals surface area contributed by atoms with Crippen molar-refractivity contribution in [3.8, 4) is 0 Å². The molecule has 188 valence electrons. The van der Waals surface area contributed by atoms with Gasteiger partial charge in [-0.2, -0.15) is 5.10 Å². The Morgan fingerprint density at radius 1 is 1.26 bits per heavy atom. The highest BCUT2D eigenvalue weighted by molar-refractivity contribution is 5.99. The number of aromatic nitrogens is 3. The van der Waals surface area contributed by atoms with E-state index in [1.165, 1.54) is 0 Å². The van der Waals surface area contributed by atoms with E-state index in [2.05, 4.69) is 40.3 Å². The molecule has 4 rings (SSSR count). The van der Waals surface area contributed by atoms with Crippen LogP contribution >= 0.6 is 0 Å². The van der Waals surface area contributed by atoms with E-state index in [0.29, 0.717) is 5.65 Å². The van der Waals surface area contributed by atoms with Crippen molar-refractivity contribution in [3.05, 3.63) is 35.4 Å². The van der Waals surface area contributed by atoms with Gasteiger partial charge in [0.2, 0.25) is 0 Å². The molecule has 0 aromatic carbocycles. The summed E-state index contributed by atoms with van der Waals surface area (Å²) >= 11 is 0. The Labute approximate surface area is 206 Å². The Hall–Kier alpha value is -3.20. The van der Waals surface area contributed by atoms with Gasteiger partial charge in [0.15, 0.2) is 11.3 Å². The minimum absolute atomic E-state index is 0.0128. The number of fused-ring (bicyclic) bond motifs is 1. The van der Waals surface area contributed by atoms with Crippen molar-refractivity contribution in [1.82, 2.24) is 19.7 Å². The van der Waals surface area contributed by atoms with Gasteiger partial charge >= 0.3 is 5.97 Å². The number of likely N-dealkylation sites (tertiary alicyclic amines) is 1. The van der Waals surface area contributed by atoms with Gasteiger partial charge in [0.05, 0.1) is 28.6 Å². The first-order chi connectivity index (χ1) is 16.9. The summed E-state index contributed by atoms with van der Waals surface area (Å²) in [7, 11) is 1.75. The Morgan fingerprint density at radius 2 is 1.94 bits per heavy atom. The van der Waals surface area contributed by atoms with Crippen LogP contribution in [0.1, 0.15) is 68.6 Å². The molecule has 2 fully saturated rings. The molecule has 9 heteroatoms. The summed E-state index contributed by atoms with van der Waals surface area (Å²) in [4.78, 5) is 25.4. The van der Waals surface area contributed by atoms with Crippen LogP contribution in [0.5, 0.6) is 0 Å². The number of aliphatic imine (C=N–C) groups is 1. The topological polar surface area (TPSA) is 96.1 Å². The van der Waals surface area contributed by atoms with E-state index < -0.39 is 5.97 Å². The Bertz CT molecular complexity index is 1150. The van der Waals surface area contributed by atoms with Crippen molar-refractivity contribution in [1.29, 1.82) is 0 Å². The van der Waals surface area contributed by atoms with E-state index in [0.717, 1.165) is 80.1 Å². The fourth-order valence-electron chi connectivity index (χ4n) is 4.98. The Kier molecular flexibility index (Phi) is 7.54. The lowest BCUT2D eigenvalue weighted by atomic mass is 10.0. The number of carbonyl (C=O) groups is 1. The number of rotatable bonds is 8. The first-order valence-corrected chi connectivity index (χ1v) is 12.4. The summed E-state index contributed by atoms with van der Waals surface area (Å²) in [5.41, 5.74) is 3.12. The third-order valence-electron chi connectivity index (χ3n) is 6.94. The smallest absolute Gasteiger partial charge is 0.354 e. The molecule has 0 amide bonds. The lowest BCUT2D eigenvalue weighted by Crippen LogP contribution is -2.37. The standard InChI is InChI=1S/C26H36N6O3/c1-6-18(15-22(27-4)31-11-7-8-12-31)32-25-23(24(29-32)17(2)3)21(16-20(28-25)26(33)34)30-13-9-19(35-5)10-14-30/h6,15-17,19H,4,7-14H2,1-3,5H3,(H,33,34)/b18-6+,22-15+. The minimum atomic E-state index is -1.05.